The molecule has 2 heteroatoms. The van der Waals surface area contributed by atoms with Crippen molar-refractivity contribution >= 4 is 0 Å². The number of ether oxygens (including phenoxy) is 1. The fourth-order valence-corrected chi connectivity index (χ4v) is 2.25. The molecule has 0 aromatic carbocycles. The van der Waals surface area contributed by atoms with Crippen LogP contribution in [-0.4, -0.2) is 19.3 Å². The number of rotatable bonds is 2. The van der Waals surface area contributed by atoms with E-state index in [0.29, 0.717) is 11.5 Å². The van der Waals surface area contributed by atoms with E-state index in [2.05, 4.69) is 6.92 Å². The predicted octanol–water partition coefficient (Wildman–Crippen LogP) is 1.15. The van der Waals surface area contributed by atoms with Crippen molar-refractivity contribution in [3.8, 4) is 0 Å². The molecule has 1 saturated heterocycles. The molecule has 1 aliphatic heterocycles. The maximum absolute atomic E-state index is 5.76. The van der Waals surface area contributed by atoms with Gasteiger partial charge in [-0.25, -0.2) is 0 Å². The third kappa shape index (κ3) is 1.00. The van der Waals surface area contributed by atoms with Crippen LogP contribution in [0.5, 0.6) is 0 Å². The summed E-state index contributed by atoms with van der Waals surface area (Å²) in [5.41, 5.74) is 6.30. The molecule has 0 aromatic rings. The first-order valence-electron chi connectivity index (χ1n) is 4.60. The van der Waals surface area contributed by atoms with E-state index in [-0.39, 0.29) is 0 Å². The molecular weight excluding hydrogens is 138 g/mol. The first-order valence-corrected chi connectivity index (χ1v) is 4.60. The summed E-state index contributed by atoms with van der Waals surface area (Å²) in [4.78, 5) is 0. The predicted molar refractivity (Wildman–Crippen MR) is 44.2 cm³/mol. The Bertz CT molecular complexity index is 142. The van der Waals surface area contributed by atoms with Crippen LogP contribution in [0, 0.1) is 11.3 Å². The smallest absolute Gasteiger partial charge is 0.0547 e. The van der Waals surface area contributed by atoms with Crippen molar-refractivity contribution in [3.05, 3.63) is 0 Å². The Morgan fingerprint density at radius 1 is 1.45 bits per heavy atom. The van der Waals surface area contributed by atoms with E-state index in [1.165, 1.54) is 19.3 Å². The highest BCUT2D eigenvalue weighted by Crippen LogP contribution is 2.48. The van der Waals surface area contributed by atoms with Crippen molar-refractivity contribution in [3.63, 3.8) is 0 Å². The molecule has 0 radical (unpaired) electrons. The molecule has 2 N–H and O–H groups in total. The second kappa shape index (κ2) is 2.46. The van der Waals surface area contributed by atoms with Crippen LogP contribution >= 0.6 is 0 Å². The number of hydrogen-bond donors (Lipinski definition) is 1. The van der Waals surface area contributed by atoms with Crippen LogP contribution < -0.4 is 5.73 Å². The highest BCUT2D eigenvalue weighted by Gasteiger charge is 2.48. The van der Waals surface area contributed by atoms with Gasteiger partial charge in [-0.1, -0.05) is 6.92 Å². The lowest BCUT2D eigenvalue weighted by Crippen LogP contribution is -2.55. The van der Waals surface area contributed by atoms with Gasteiger partial charge < -0.3 is 10.5 Å². The zero-order valence-corrected chi connectivity index (χ0v) is 7.18. The number of hydrogen-bond acceptors (Lipinski definition) is 2. The molecule has 2 fully saturated rings. The van der Waals surface area contributed by atoms with Crippen LogP contribution in [0.2, 0.25) is 0 Å². The standard InChI is InChI=1S/C9H17NO/c1-2-9(5-11-6-9)7-3-8(10)4-7/h7-8H,2-6,10H2,1H3. The highest BCUT2D eigenvalue weighted by molar-refractivity contribution is 4.98. The first kappa shape index (κ1) is 7.56. The lowest BCUT2D eigenvalue weighted by Gasteiger charge is -2.52. The van der Waals surface area contributed by atoms with Gasteiger partial charge in [-0.2, -0.15) is 0 Å². The van der Waals surface area contributed by atoms with Crippen molar-refractivity contribution in [1.29, 1.82) is 0 Å². The summed E-state index contributed by atoms with van der Waals surface area (Å²) in [5, 5.41) is 0. The maximum atomic E-state index is 5.76. The van der Waals surface area contributed by atoms with Crippen molar-refractivity contribution < 1.29 is 4.74 Å². The molecule has 1 aliphatic carbocycles. The molecule has 0 spiro atoms. The molecule has 0 aromatic heterocycles. The zero-order chi connectivity index (χ0) is 7.90. The van der Waals surface area contributed by atoms with Gasteiger partial charge >= 0.3 is 0 Å². The molecule has 11 heavy (non-hydrogen) atoms. The van der Waals surface area contributed by atoms with Crippen molar-refractivity contribution in [1.82, 2.24) is 0 Å². The molecule has 0 amide bonds. The Hall–Kier alpha value is -0.0800. The summed E-state index contributed by atoms with van der Waals surface area (Å²) in [6, 6.07) is 0.490. The Morgan fingerprint density at radius 3 is 2.36 bits per heavy atom. The van der Waals surface area contributed by atoms with Gasteiger partial charge in [0.15, 0.2) is 0 Å². The van der Waals surface area contributed by atoms with Gasteiger partial charge in [-0.15, -0.1) is 0 Å². The molecule has 1 saturated carbocycles. The Morgan fingerprint density at radius 2 is 2.09 bits per heavy atom. The molecule has 2 rings (SSSR count). The summed E-state index contributed by atoms with van der Waals surface area (Å²) in [6.07, 6.45) is 3.73. The highest BCUT2D eigenvalue weighted by atomic mass is 16.5. The van der Waals surface area contributed by atoms with Crippen molar-refractivity contribution in [2.75, 3.05) is 13.2 Å². The molecule has 0 atom stereocenters. The Kier molecular flexibility index (Phi) is 1.69. The van der Waals surface area contributed by atoms with E-state index in [0.717, 1.165) is 19.1 Å². The van der Waals surface area contributed by atoms with Crippen LogP contribution in [-0.2, 0) is 4.74 Å². The lowest BCUT2D eigenvalue weighted by molar-refractivity contribution is -0.166. The van der Waals surface area contributed by atoms with Gasteiger partial charge in [0.2, 0.25) is 0 Å². The van der Waals surface area contributed by atoms with Crippen LogP contribution in [0.3, 0.4) is 0 Å². The second-order valence-corrected chi connectivity index (χ2v) is 4.14. The Labute approximate surface area is 68.1 Å². The Balaban J connectivity index is 1.92. The third-order valence-corrected chi connectivity index (χ3v) is 3.52. The molecule has 0 unspecified atom stereocenters. The van der Waals surface area contributed by atoms with E-state index in [9.17, 15) is 0 Å². The fraction of sp³-hybridized carbons (Fsp3) is 1.00. The molecule has 0 bridgehead atoms. The largest absolute Gasteiger partial charge is 0.380 e. The minimum Gasteiger partial charge on any atom is -0.380 e. The third-order valence-electron chi connectivity index (χ3n) is 3.52. The van der Waals surface area contributed by atoms with Crippen LogP contribution in [0.15, 0.2) is 0 Å². The monoisotopic (exact) mass is 155 g/mol. The minimum absolute atomic E-state index is 0.490. The summed E-state index contributed by atoms with van der Waals surface area (Å²) in [5.74, 6) is 0.872. The van der Waals surface area contributed by atoms with Crippen molar-refractivity contribution in [2.45, 2.75) is 32.2 Å². The molecule has 1 heterocycles. The topological polar surface area (TPSA) is 35.2 Å². The van der Waals surface area contributed by atoms with E-state index >= 15 is 0 Å². The van der Waals surface area contributed by atoms with Gasteiger partial charge in [0.25, 0.3) is 0 Å². The minimum atomic E-state index is 0.490. The summed E-state index contributed by atoms with van der Waals surface area (Å²) < 4.78 is 5.28. The molecule has 2 nitrogen and oxygen atoms in total. The van der Waals surface area contributed by atoms with Crippen LogP contribution in [0.1, 0.15) is 26.2 Å². The number of nitrogens with two attached hydrogens (primary N) is 1. The van der Waals surface area contributed by atoms with E-state index < -0.39 is 0 Å². The van der Waals surface area contributed by atoms with E-state index in [1.807, 2.05) is 0 Å². The van der Waals surface area contributed by atoms with Gasteiger partial charge in [0.1, 0.15) is 0 Å². The normalized spacial score (nSPS) is 40.9. The molecule has 2 aliphatic rings. The van der Waals surface area contributed by atoms with E-state index in [4.69, 9.17) is 10.5 Å². The SMILES string of the molecule is CCC1(C2CC(N)C2)COC1. The summed E-state index contributed by atoms with van der Waals surface area (Å²) in [6.45, 7) is 4.24. The first-order chi connectivity index (χ1) is 5.27. The quantitative estimate of drug-likeness (QED) is 0.649. The second-order valence-electron chi connectivity index (χ2n) is 4.14. The van der Waals surface area contributed by atoms with Gasteiger partial charge in [-0.05, 0) is 25.2 Å². The zero-order valence-electron chi connectivity index (χ0n) is 7.18. The van der Waals surface area contributed by atoms with Gasteiger partial charge in [0.05, 0.1) is 13.2 Å². The average molecular weight is 155 g/mol. The lowest BCUT2D eigenvalue weighted by atomic mass is 9.61. The van der Waals surface area contributed by atoms with Crippen molar-refractivity contribution in [2.24, 2.45) is 17.1 Å². The van der Waals surface area contributed by atoms with Gasteiger partial charge in [0, 0.05) is 11.5 Å². The fourth-order valence-electron chi connectivity index (χ4n) is 2.25. The summed E-state index contributed by atoms with van der Waals surface area (Å²) in [7, 11) is 0. The van der Waals surface area contributed by atoms with E-state index in [1.54, 1.807) is 0 Å². The average Bonchev–Trinajstić information content (AvgIpc) is 1.83. The van der Waals surface area contributed by atoms with Crippen LogP contribution in [0.25, 0.3) is 0 Å². The maximum Gasteiger partial charge on any atom is 0.0547 e. The molecular formula is C9H17NO. The van der Waals surface area contributed by atoms with Crippen LogP contribution in [0.4, 0.5) is 0 Å². The summed E-state index contributed by atoms with van der Waals surface area (Å²) >= 11 is 0. The molecule has 64 valence electrons. The van der Waals surface area contributed by atoms with Gasteiger partial charge in [-0.3, -0.25) is 0 Å².